The van der Waals surface area contributed by atoms with Crippen molar-refractivity contribution in [3.63, 3.8) is 0 Å². The van der Waals surface area contributed by atoms with Gasteiger partial charge in [-0.05, 0) is 49.9 Å². The van der Waals surface area contributed by atoms with Gasteiger partial charge in [0.1, 0.15) is 5.69 Å². The van der Waals surface area contributed by atoms with E-state index in [1.54, 1.807) is 11.3 Å². The molecular formula is C24H27N5O2S. The Morgan fingerprint density at radius 1 is 1.19 bits per heavy atom. The van der Waals surface area contributed by atoms with Gasteiger partial charge in [0, 0.05) is 16.8 Å². The Morgan fingerprint density at radius 3 is 2.75 bits per heavy atom. The van der Waals surface area contributed by atoms with E-state index in [1.165, 1.54) is 0 Å². The van der Waals surface area contributed by atoms with E-state index in [-0.39, 0.29) is 0 Å². The number of rotatable bonds is 5. The summed E-state index contributed by atoms with van der Waals surface area (Å²) in [7, 11) is 0. The SMILES string of the molecule is CC.CCC(C)(O)c1ccc2cc(-c3n[nH]c4cc(-c5nc(C6CC6)no5)sc34)[nH]c2c1. The first-order valence-corrected chi connectivity index (χ1v) is 12.0. The van der Waals surface area contributed by atoms with E-state index in [2.05, 4.69) is 31.4 Å². The van der Waals surface area contributed by atoms with E-state index in [0.29, 0.717) is 18.2 Å². The number of H-pyrrole nitrogens is 2. The largest absolute Gasteiger partial charge is 0.385 e. The molecule has 166 valence electrons. The van der Waals surface area contributed by atoms with Crippen molar-refractivity contribution in [3.05, 3.63) is 41.7 Å². The van der Waals surface area contributed by atoms with Crippen LogP contribution < -0.4 is 0 Å². The Kier molecular flexibility index (Phi) is 5.14. The maximum Gasteiger partial charge on any atom is 0.268 e. The zero-order valence-electron chi connectivity index (χ0n) is 18.7. The first kappa shape index (κ1) is 20.9. The number of nitrogens with zero attached hydrogens (tertiary/aromatic N) is 3. The Morgan fingerprint density at radius 2 is 2.00 bits per heavy atom. The molecule has 0 amide bonds. The summed E-state index contributed by atoms with van der Waals surface area (Å²) >= 11 is 1.59. The average molecular weight is 450 g/mol. The van der Waals surface area contributed by atoms with Crippen LogP contribution in [0.25, 0.3) is 43.3 Å². The van der Waals surface area contributed by atoms with Crippen LogP contribution in [0.1, 0.15) is 64.3 Å². The van der Waals surface area contributed by atoms with E-state index in [0.717, 1.165) is 61.6 Å². The summed E-state index contributed by atoms with van der Waals surface area (Å²) in [5.41, 5.74) is 3.79. The van der Waals surface area contributed by atoms with Gasteiger partial charge in [-0.25, -0.2) is 0 Å². The number of aromatic amines is 2. The van der Waals surface area contributed by atoms with E-state index >= 15 is 0 Å². The van der Waals surface area contributed by atoms with Crippen LogP contribution in [0.4, 0.5) is 0 Å². The maximum absolute atomic E-state index is 10.6. The Bertz CT molecular complexity index is 1390. The molecule has 5 aromatic rings. The molecule has 0 bridgehead atoms. The highest BCUT2D eigenvalue weighted by Crippen LogP contribution is 2.41. The Labute approximate surface area is 189 Å². The fourth-order valence-corrected chi connectivity index (χ4v) is 4.77. The summed E-state index contributed by atoms with van der Waals surface area (Å²) in [5, 5.41) is 23.4. The first-order chi connectivity index (χ1) is 15.5. The van der Waals surface area contributed by atoms with Crippen molar-refractivity contribution in [1.82, 2.24) is 25.3 Å². The van der Waals surface area contributed by atoms with Crippen molar-refractivity contribution in [3.8, 4) is 22.2 Å². The number of nitrogens with one attached hydrogen (secondary N) is 2. The molecular weight excluding hydrogens is 422 g/mol. The number of fused-ring (bicyclic) bond motifs is 2. The second kappa shape index (κ2) is 7.86. The standard InChI is InChI=1S/C22H21N5O2S.C2H6/c1-3-22(2,28)13-7-6-12-8-15(23-14(12)9-13)18-19-16(25-26-18)10-17(30-19)21-24-20(27-29-21)11-4-5-11;1-2/h6-11,23,28H,3-5H2,1-2H3,(H,25,26);1-2H3. The third-order valence-electron chi connectivity index (χ3n) is 6.02. The molecule has 4 aromatic heterocycles. The predicted molar refractivity (Wildman–Crippen MR) is 128 cm³/mol. The minimum Gasteiger partial charge on any atom is -0.385 e. The molecule has 4 heterocycles. The topological polar surface area (TPSA) is 104 Å². The third kappa shape index (κ3) is 3.53. The zero-order valence-corrected chi connectivity index (χ0v) is 19.5. The molecule has 1 aliphatic rings. The van der Waals surface area contributed by atoms with Crippen molar-refractivity contribution >= 4 is 32.5 Å². The van der Waals surface area contributed by atoms with Crippen LogP contribution in [0, 0.1) is 0 Å². The van der Waals surface area contributed by atoms with Crippen molar-refractivity contribution in [2.75, 3.05) is 0 Å². The fraction of sp³-hybridized carbons (Fsp3) is 0.375. The van der Waals surface area contributed by atoms with Crippen molar-refractivity contribution in [1.29, 1.82) is 0 Å². The summed E-state index contributed by atoms with van der Waals surface area (Å²) in [4.78, 5) is 8.97. The molecule has 3 N–H and O–H groups in total. The summed E-state index contributed by atoms with van der Waals surface area (Å²) in [6.07, 6.45) is 2.95. The van der Waals surface area contributed by atoms with E-state index in [9.17, 15) is 5.11 Å². The first-order valence-electron chi connectivity index (χ1n) is 11.2. The van der Waals surface area contributed by atoms with Crippen molar-refractivity contribution in [2.45, 2.75) is 58.5 Å². The van der Waals surface area contributed by atoms with Gasteiger partial charge >= 0.3 is 0 Å². The van der Waals surface area contributed by atoms with Crippen LogP contribution in [0.2, 0.25) is 0 Å². The third-order valence-corrected chi connectivity index (χ3v) is 7.15. The van der Waals surface area contributed by atoms with Crippen LogP contribution in [-0.2, 0) is 5.60 Å². The predicted octanol–water partition coefficient (Wildman–Crippen LogP) is 6.34. The monoisotopic (exact) mass is 449 g/mol. The van der Waals surface area contributed by atoms with Gasteiger partial charge in [-0.2, -0.15) is 10.1 Å². The number of thiophene rings is 1. The lowest BCUT2D eigenvalue weighted by Gasteiger charge is -2.21. The average Bonchev–Trinajstić information content (AvgIpc) is 3.18. The number of hydrogen-bond donors (Lipinski definition) is 3. The molecule has 7 nitrogen and oxygen atoms in total. The Balaban J connectivity index is 0.00000105. The molecule has 0 saturated heterocycles. The van der Waals surface area contributed by atoms with Crippen LogP contribution in [0.3, 0.4) is 0 Å². The van der Waals surface area contributed by atoms with Gasteiger partial charge in [-0.3, -0.25) is 5.10 Å². The molecule has 1 aromatic carbocycles. The second-order valence-corrected chi connectivity index (χ2v) is 9.32. The van der Waals surface area contributed by atoms with Crippen LogP contribution in [-0.4, -0.2) is 30.4 Å². The van der Waals surface area contributed by atoms with E-state index < -0.39 is 5.60 Å². The second-order valence-electron chi connectivity index (χ2n) is 8.27. The quantitative estimate of drug-likeness (QED) is 0.290. The maximum atomic E-state index is 10.6. The number of aliphatic hydroxyl groups is 1. The van der Waals surface area contributed by atoms with Crippen LogP contribution >= 0.6 is 11.3 Å². The zero-order chi connectivity index (χ0) is 22.5. The number of hydrogen-bond acceptors (Lipinski definition) is 6. The smallest absolute Gasteiger partial charge is 0.268 e. The normalized spacial score (nSPS) is 15.7. The molecule has 1 aliphatic carbocycles. The molecule has 1 unspecified atom stereocenters. The van der Waals surface area contributed by atoms with Crippen LogP contribution in [0.15, 0.2) is 34.9 Å². The highest BCUT2D eigenvalue weighted by molar-refractivity contribution is 7.22. The van der Waals surface area contributed by atoms with Gasteiger partial charge in [0.25, 0.3) is 5.89 Å². The molecule has 0 radical (unpaired) electrons. The van der Waals surface area contributed by atoms with Gasteiger partial charge < -0.3 is 14.6 Å². The van der Waals surface area contributed by atoms with Crippen molar-refractivity contribution < 1.29 is 9.63 Å². The highest BCUT2D eigenvalue weighted by atomic mass is 32.1. The minimum absolute atomic E-state index is 0.467. The lowest BCUT2D eigenvalue weighted by molar-refractivity contribution is 0.0532. The summed E-state index contributed by atoms with van der Waals surface area (Å²) < 4.78 is 6.53. The van der Waals surface area contributed by atoms with Gasteiger partial charge in [-0.1, -0.05) is 38.1 Å². The molecule has 0 aliphatic heterocycles. The minimum atomic E-state index is -0.842. The lowest BCUT2D eigenvalue weighted by Crippen LogP contribution is -2.19. The number of aromatic nitrogens is 5. The molecule has 1 atom stereocenters. The molecule has 1 saturated carbocycles. The summed E-state index contributed by atoms with van der Waals surface area (Å²) in [5.74, 6) is 1.85. The molecule has 32 heavy (non-hydrogen) atoms. The van der Waals surface area contributed by atoms with Gasteiger partial charge in [0.2, 0.25) is 0 Å². The summed E-state index contributed by atoms with van der Waals surface area (Å²) in [6.45, 7) is 7.82. The Hall–Kier alpha value is -2.97. The fourth-order valence-electron chi connectivity index (χ4n) is 3.74. The van der Waals surface area contributed by atoms with Crippen LogP contribution in [0.5, 0.6) is 0 Å². The van der Waals surface area contributed by atoms with Crippen molar-refractivity contribution in [2.24, 2.45) is 0 Å². The summed E-state index contributed by atoms with van der Waals surface area (Å²) in [6, 6.07) is 10.1. The number of benzene rings is 1. The van der Waals surface area contributed by atoms with Gasteiger partial charge in [0.05, 0.1) is 26.4 Å². The molecule has 6 rings (SSSR count). The van der Waals surface area contributed by atoms with Gasteiger partial charge in [-0.15, -0.1) is 11.3 Å². The highest BCUT2D eigenvalue weighted by Gasteiger charge is 2.29. The van der Waals surface area contributed by atoms with E-state index in [4.69, 9.17) is 4.52 Å². The van der Waals surface area contributed by atoms with Gasteiger partial charge in [0.15, 0.2) is 5.82 Å². The van der Waals surface area contributed by atoms with E-state index in [1.807, 2.05) is 52.0 Å². The molecule has 1 fully saturated rings. The molecule has 8 heteroatoms. The molecule has 0 spiro atoms. The lowest BCUT2D eigenvalue weighted by atomic mass is 9.93.